The molecule has 0 amide bonds. The third kappa shape index (κ3) is 4.05. The predicted octanol–water partition coefficient (Wildman–Crippen LogP) is 1.73. The molecule has 2 rings (SSSR count). The maximum atomic E-state index is 10.9. The lowest BCUT2D eigenvalue weighted by Gasteiger charge is -2.08. The second-order valence-electron chi connectivity index (χ2n) is 3.93. The number of hydrogen-bond donors (Lipinski definition) is 2. The monoisotopic (exact) mass is 290 g/mol. The van der Waals surface area contributed by atoms with Gasteiger partial charge in [0, 0.05) is 6.07 Å². The summed E-state index contributed by atoms with van der Waals surface area (Å²) in [5.41, 5.74) is 2.08. The number of nitrogens with one attached hydrogen (secondary N) is 1. The molecule has 0 unspecified atom stereocenters. The molecule has 1 aromatic heterocycles. The summed E-state index contributed by atoms with van der Waals surface area (Å²) < 4.78 is 10.7. The van der Waals surface area contributed by atoms with Crippen LogP contribution in [0.15, 0.2) is 42.5 Å². The summed E-state index contributed by atoms with van der Waals surface area (Å²) in [5.74, 6) is 6.08. The van der Waals surface area contributed by atoms with Gasteiger partial charge in [0.05, 0.1) is 4.92 Å². The Morgan fingerprint density at radius 1 is 1.14 bits per heavy atom. The zero-order valence-corrected chi connectivity index (χ0v) is 11.1. The zero-order valence-electron chi connectivity index (χ0n) is 11.1. The molecule has 0 saturated carbocycles. The SMILES string of the molecule is NNc1ccc([N+](=O)[O-])c(OCCOc2ccccc2)n1. The van der Waals surface area contributed by atoms with Gasteiger partial charge in [-0.15, -0.1) is 0 Å². The molecule has 0 radical (unpaired) electrons. The highest BCUT2D eigenvalue weighted by Gasteiger charge is 2.17. The van der Waals surface area contributed by atoms with Crippen molar-refractivity contribution in [1.29, 1.82) is 0 Å². The molecule has 0 aliphatic rings. The van der Waals surface area contributed by atoms with Gasteiger partial charge in [-0.05, 0) is 18.2 Å². The van der Waals surface area contributed by atoms with Gasteiger partial charge in [-0.2, -0.15) is 4.98 Å². The van der Waals surface area contributed by atoms with Crippen molar-refractivity contribution in [1.82, 2.24) is 4.98 Å². The maximum Gasteiger partial charge on any atom is 0.331 e. The van der Waals surface area contributed by atoms with Crippen molar-refractivity contribution in [3.05, 3.63) is 52.6 Å². The fourth-order valence-electron chi connectivity index (χ4n) is 1.57. The first kappa shape index (κ1) is 14.5. The van der Waals surface area contributed by atoms with Crippen molar-refractivity contribution >= 4 is 11.5 Å². The number of aromatic nitrogens is 1. The van der Waals surface area contributed by atoms with Crippen LogP contribution in [0, 0.1) is 10.1 Å². The number of nitrogens with two attached hydrogens (primary N) is 1. The molecule has 0 spiro atoms. The minimum absolute atomic E-state index is 0.105. The molecule has 0 aliphatic carbocycles. The van der Waals surface area contributed by atoms with Crippen LogP contribution in [0.3, 0.4) is 0 Å². The van der Waals surface area contributed by atoms with E-state index in [4.69, 9.17) is 15.3 Å². The van der Waals surface area contributed by atoms with E-state index in [1.54, 1.807) is 12.1 Å². The zero-order chi connectivity index (χ0) is 15.1. The lowest BCUT2D eigenvalue weighted by Crippen LogP contribution is -2.13. The first-order valence-corrected chi connectivity index (χ1v) is 6.13. The predicted molar refractivity (Wildman–Crippen MR) is 76.1 cm³/mol. The molecular formula is C13H14N4O4. The van der Waals surface area contributed by atoms with E-state index in [2.05, 4.69) is 10.4 Å². The van der Waals surface area contributed by atoms with E-state index in [1.807, 2.05) is 18.2 Å². The Labute approximate surface area is 120 Å². The Balaban J connectivity index is 1.94. The van der Waals surface area contributed by atoms with Gasteiger partial charge in [0.25, 0.3) is 5.88 Å². The van der Waals surface area contributed by atoms with Gasteiger partial charge in [0.2, 0.25) is 0 Å². The van der Waals surface area contributed by atoms with Crippen LogP contribution in [0.1, 0.15) is 0 Å². The van der Waals surface area contributed by atoms with Crippen LogP contribution < -0.4 is 20.7 Å². The van der Waals surface area contributed by atoms with Crippen molar-refractivity contribution in [2.45, 2.75) is 0 Å². The Hall–Kier alpha value is -2.87. The number of hydrazine groups is 1. The standard InChI is InChI=1S/C13H14N4O4/c14-16-12-7-6-11(17(18)19)13(15-12)21-9-8-20-10-4-2-1-3-5-10/h1-7H,8-9,14H2,(H,15,16). The fourth-order valence-corrected chi connectivity index (χ4v) is 1.57. The first-order valence-electron chi connectivity index (χ1n) is 6.13. The topological polar surface area (TPSA) is 113 Å². The average Bonchev–Trinajstić information content (AvgIpc) is 2.52. The molecule has 0 bridgehead atoms. The summed E-state index contributed by atoms with van der Waals surface area (Å²) in [6, 6.07) is 11.8. The van der Waals surface area contributed by atoms with E-state index < -0.39 is 4.92 Å². The molecule has 21 heavy (non-hydrogen) atoms. The highest BCUT2D eigenvalue weighted by atomic mass is 16.6. The van der Waals surface area contributed by atoms with Gasteiger partial charge in [-0.3, -0.25) is 10.1 Å². The second kappa shape index (κ2) is 7.06. The number of nitrogen functional groups attached to an aromatic ring is 1. The fraction of sp³-hybridized carbons (Fsp3) is 0.154. The molecular weight excluding hydrogens is 276 g/mol. The number of anilines is 1. The van der Waals surface area contributed by atoms with Gasteiger partial charge in [-0.25, -0.2) is 5.84 Å². The van der Waals surface area contributed by atoms with Crippen molar-refractivity contribution in [3.63, 3.8) is 0 Å². The number of nitrogens with zero attached hydrogens (tertiary/aromatic N) is 2. The number of benzene rings is 1. The van der Waals surface area contributed by atoms with Crippen LogP contribution in [0.5, 0.6) is 11.6 Å². The van der Waals surface area contributed by atoms with Gasteiger partial charge >= 0.3 is 5.69 Å². The van der Waals surface area contributed by atoms with Gasteiger partial charge < -0.3 is 14.9 Å². The van der Waals surface area contributed by atoms with Crippen molar-refractivity contribution < 1.29 is 14.4 Å². The number of nitro groups is 1. The van der Waals surface area contributed by atoms with Crippen LogP contribution in [-0.2, 0) is 0 Å². The molecule has 0 fully saturated rings. The second-order valence-corrected chi connectivity index (χ2v) is 3.93. The van der Waals surface area contributed by atoms with Crippen LogP contribution in [0.25, 0.3) is 0 Å². The quantitative estimate of drug-likeness (QED) is 0.345. The van der Waals surface area contributed by atoms with Gasteiger partial charge in [0.1, 0.15) is 24.8 Å². The van der Waals surface area contributed by atoms with Crippen LogP contribution in [0.4, 0.5) is 11.5 Å². The summed E-state index contributed by atoms with van der Waals surface area (Å²) in [5, 5.41) is 10.9. The summed E-state index contributed by atoms with van der Waals surface area (Å²) in [7, 11) is 0. The number of rotatable bonds is 7. The third-order valence-electron chi connectivity index (χ3n) is 2.52. The summed E-state index contributed by atoms with van der Waals surface area (Å²) >= 11 is 0. The Kier molecular flexibility index (Phi) is 4.89. The van der Waals surface area contributed by atoms with E-state index >= 15 is 0 Å². The molecule has 0 saturated heterocycles. The summed E-state index contributed by atoms with van der Waals surface area (Å²) in [6.45, 7) is 0.361. The summed E-state index contributed by atoms with van der Waals surface area (Å²) in [6.07, 6.45) is 0. The molecule has 110 valence electrons. The number of ether oxygens (including phenoxy) is 2. The van der Waals surface area contributed by atoms with Gasteiger partial charge in [-0.1, -0.05) is 18.2 Å². The number of para-hydroxylation sites is 1. The smallest absolute Gasteiger partial charge is 0.331 e. The normalized spacial score (nSPS) is 9.95. The number of pyridine rings is 1. The van der Waals surface area contributed by atoms with E-state index in [-0.39, 0.29) is 30.6 Å². The minimum atomic E-state index is -0.569. The molecule has 3 N–H and O–H groups in total. The van der Waals surface area contributed by atoms with E-state index in [9.17, 15) is 10.1 Å². The van der Waals surface area contributed by atoms with Crippen molar-refractivity contribution in [3.8, 4) is 11.6 Å². The number of hydrogen-bond acceptors (Lipinski definition) is 7. The molecule has 1 heterocycles. The lowest BCUT2D eigenvalue weighted by atomic mass is 10.3. The Morgan fingerprint density at radius 2 is 1.86 bits per heavy atom. The maximum absolute atomic E-state index is 10.9. The highest BCUT2D eigenvalue weighted by Crippen LogP contribution is 2.25. The Bertz CT molecular complexity index is 606. The first-order chi connectivity index (χ1) is 10.2. The lowest BCUT2D eigenvalue weighted by molar-refractivity contribution is -0.386. The summed E-state index contributed by atoms with van der Waals surface area (Å²) in [4.78, 5) is 14.2. The third-order valence-corrected chi connectivity index (χ3v) is 2.52. The van der Waals surface area contributed by atoms with E-state index in [0.29, 0.717) is 5.75 Å². The van der Waals surface area contributed by atoms with Gasteiger partial charge in [0.15, 0.2) is 0 Å². The van der Waals surface area contributed by atoms with Crippen LogP contribution in [-0.4, -0.2) is 23.1 Å². The average molecular weight is 290 g/mol. The molecule has 1 aromatic carbocycles. The van der Waals surface area contributed by atoms with E-state index in [0.717, 1.165) is 0 Å². The largest absolute Gasteiger partial charge is 0.490 e. The van der Waals surface area contributed by atoms with Crippen LogP contribution in [0.2, 0.25) is 0 Å². The Morgan fingerprint density at radius 3 is 2.52 bits per heavy atom. The van der Waals surface area contributed by atoms with Crippen molar-refractivity contribution in [2.75, 3.05) is 18.6 Å². The minimum Gasteiger partial charge on any atom is -0.490 e. The van der Waals surface area contributed by atoms with Crippen LogP contribution >= 0.6 is 0 Å². The highest BCUT2D eigenvalue weighted by molar-refractivity contribution is 5.48. The molecule has 2 aromatic rings. The molecule has 0 aliphatic heterocycles. The van der Waals surface area contributed by atoms with Crippen molar-refractivity contribution in [2.24, 2.45) is 5.84 Å². The molecule has 8 nitrogen and oxygen atoms in total. The molecule has 0 atom stereocenters. The van der Waals surface area contributed by atoms with E-state index in [1.165, 1.54) is 12.1 Å². The molecule has 8 heteroatoms.